The van der Waals surface area contributed by atoms with Crippen LogP contribution in [0.5, 0.6) is 0 Å². The Morgan fingerprint density at radius 1 is 0.897 bits per heavy atom. The number of aliphatic hydroxyl groups is 2. The molecule has 2 aromatic carbocycles. The summed E-state index contributed by atoms with van der Waals surface area (Å²) < 4.78 is 11.6. The van der Waals surface area contributed by atoms with Crippen LogP contribution in [-0.2, 0) is 9.47 Å². The van der Waals surface area contributed by atoms with Gasteiger partial charge in [-0.1, -0.05) is 36.1 Å². The highest BCUT2D eigenvalue weighted by Gasteiger charge is 2.39. The van der Waals surface area contributed by atoms with E-state index in [1.807, 2.05) is 45.0 Å². The Kier molecular flexibility index (Phi) is 7.62. The number of hydrogen-bond donors (Lipinski definition) is 2. The smallest absolute Gasteiger partial charge is 0.164 e. The summed E-state index contributed by atoms with van der Waals surface area (Å²) in [7, 11) is 0. The summed E-state index contributed by atoms with van der Waals surface area (Å²) >= 11 is 0. The van der Waals surface area contributed by atoms with Crippen molar-refractivity contribution in [2.75, 3.05) is 0 Å². The molecule has 1 aliphatic heterocycles. The average molecular weight is 392 g/mol. The van der Waals surface area contributed by atoms with E-state index < -0.39 is 18.0 Å². The van der Waals surface area contributed by atoms with E-state index in [0.717, 1.165) is 16.7 Å². The lowest BCUT2D eigenvalue weighted by atomic mass is 10.0. The van der Waals surface area contributed by atoms with Gasteiger partial charge in [-0.25, -0.2) is 0 Å². The van der Waals surface area contributed by atoms with Crippen molar-refractivity contribution in [3.63, 3.8) is 0 Å². The van der Waals surface area contributed by atoms with E-state index in [4.69, 9.17) is 27.4 Å². The highest BCUT2D eigenvalue weighted by molar-refractivity contribution is 5.36. The summed E-state index contributed by atoms with van der Waals surface area (Å²) in [6.45, 7) is 7.42. The lowest BCUT2D eigenvalue weighted by molar-refractivity contribution is -0.145. The largest absolute Gasteiger partial charge is 0.390 e. The van der Waals surface area contributed by atoms with Crippen LogP contribution in [0.25, 0.3) is 0 Å². The number of aliphatic hydroxyl groups excluding tert-OH is 2. The molecule has 152 valence electrons. The Morgan fingerprint density at radius 3 is 1.76 bits per heavy atom. The van der Waals surface area contributed by atoms with Gasteiger partial charge in [-0.3, -0.25) is 0 Å². The summed E-state index contributed by atoms with van der Waals surface area (Å²) in [6, 6.07) is 14.8. The number of ether oxygens (including phenoxy) is 2. The lowest BCUT2D eigenvalue weighted by Gasteiger charge is -2.17. The molecule has 0 unspecified atom stereocenters. The topological polar surface area (TPSA) is 58.9 Å². The molecule has 0 aromatic heterocycles. The third kappa shape index (κ3) is 6.19. The van der Waals surface area contributed by atoms with Gasteiger partial charge >= 0.3 is 0 Å². The van der Waals surface area contributed by atoms with Gasteiger partial charge in [0, 0.05) is 11.1 Å². The van der Waals surface area contributed by atoms with Crippen LogP contribution in [0, 0.1) is 24.7 Å². The minimum atomic E-state index is -0.841. The highest BCUT2D eigenvalue weighted by Crippen LogP contribution is 2.37. The van der Waals surface area contributed by atoms with Crippen LogP contribution in [0.1, 0.15) is 62.2 Å². The predicted octanol–water partition coefficient (Wildman–Crippen LogP) is 3.96. The van der Waals surface area contributed by atoms with Gasteiger partial charge in [0.05, 0.1) is 12.2 Å². The van der Waals surface area contributed by atoms with Gasteiger partial charge in [-0.15, -0.1) is 12.8 Å². The molecule has 3 rings (SSSR count). The fourth-order valence-corrected chi connectivity index (χ4v) is 3.10. The Labute approximate surface area is 173 Å². The monoisotopic (exact) mass is 392 g/mol. The first-order valence-electron chi connectivity index (χ1n) is 9.51. The molecule has 1 aliphatic rings. The molecule has 2 aromatic rings. The van der Waals surface area contributed by atoms with Crippen LogP contribution >= 0.6 is 0 Å². The molecule has 0 bridgehead atoms. The molecule has 1 heterocycles. The zero-order chi connectivity index (χ0) is 21.6. The molecule has 4 nitrogen and oxygen atoms in total. The summed E-state index contributed by atoms with van der Waals surface area (Å²) in [5, 5.41) is 18.6. The molecule has 4 heteroatoms. The van der Waals surface area contributed by atoms with Crippen LogP contribution in [-0.4, -0.2) is 28.2 Å². The van der Waals surface area contributed by atoms with E-state index in [1.165, 1.54) is 0 Å². The number of rotatable bonds is 3. The van der Waals surface area contributed by atoms with E-state index in [0.29, 0.717) is 5.56 Å². The minimum Gasteiger partial charge on any atom is -0.390 e. The van der Waals surface area contributed by atoms with E-state index in [9.17, 15) is 5.11 Å². The minimum absolute atomic E-state index is 0.0122. The Hall–Kier alpha value is -2.60. The van der Waals surface area contributed by atoms with Gasteiger partial charge in [-0.05, 0) is 63.1 Å². The van der Waals surface area contributed by atoms with Crippen LogP contribution in [0.3, 0.4) is 0 Å². The lowest BCUT2D eigenvalue weighted by Crippen LogP contribution is -2.20. The van der Waals surface area contributed by atoms with E-state index in [2.05, 4.69) is 11.8 Å². The molecule has 1 saturated heterocycles. The third-order valence-electron chi connectivity index (χ3n) is 4.59. The average Bonchev–Trinajstić information content (AvgIpc) is 3.00. The first-order chi connectivity index (χ1) is 13.7. The molecule has 0 saturated carbocycles. The van der Waals surface area contributed by atoms with E-state index >= 15 is 0 Å². The summed E-state index contributed by atoms with van der Waals surface area (Å²) in [4.78, 5) is 0. The summed E-state index contributed by atoms with van der Waals surface area (Å²) in [6.07, 6.45) is 8.93. The van der Waals surface area contributed by atoms with Crippen molar-refractivity contribution in [2.45, 2.75) is 57.9 Å². The van der Waals surface area contributed by atoms with Crippen LogP contribution in [0.4, 0.5) is 0 Å². The molecule has 4 atom stereocenters. The molecule has 0 radical (unpaired) electrons. The molecular formula is C25H28O4. The third-order valence-corrected chi connectivity index (χ3v) is 4.59. The molecule has 0 aliphatic carbocycles. The Morgan fingerprint density at radius 2 is 1.38 bits per heavy atom. The molecule has 0 spiro atoms. The van der Waals surface area contributed by atoms with Crippen molar-refractivity contribution in [3.05, 3.63) is 70.8 Å². The standard InChI is InChI=1S/C14H16O2.C11H12O2/c1-5-11-6-8-12(9-7-11)13-10(2)15-14(3,4)16-13;1-3-9-4-6-10(7-5-9)11(13)8(2)12/h1,6-10,13H,2-4H3;1,4-8,11-13H,2H3/t10-,13+;8-,11+/m00/s1. The van der Waals surface area contributed by atoms with Gasteiger partial charge in [0.25, 0.3) is 0 Å². The normalized spacial score (nSPS) is 21.8. The predicted molar refractivity (Wildman–Crippen MR) is 114 cm³/mol. The maximum atomic E-state index is 9.46. The zero-order valence-electron chi connectivity index (χ0n) is 17.3. The summed E-state index contributed by atoms with van der Waals surface area (Å²) in [5.41, 5.74) is 3.43. The highest BCUT2D eigenvalue weighted by atomic mass is 16.7. The van der Waals surface area contributed by atoms with Gasteiger partial charge < -0.3 is 19.7 Å². The second-order valence-corrected chi connectivity index (χ2v) is 7.48. The van der Waals surface area contributed by atoms with Crippen LogP contribution < -0.4 is 0 Å². The quantitative estimate of drug-likeness (QED) is 0.777. The second kappa shape index (κ2) is 9.74. The Balaban J connectivity index is 0.000000212. The van der Waals surface area contributed by atoms with Crippen molar-refractivity contribution < 1.29 is 19.7 Å². The van der Waals surface area contributed by atoms with E-state index in [-0.39, 0.29) is 12.2 Å². The molecular weight excluding hydrogens is 364 g/mol. The van der Waals surface area contributed by atoms with Crippen molar-refractivity contribution in [1.29, 1.82) is 0 Å². The van der Waals surface area contributed by atoms with Gasteiger partial charge in [-0.2, -0.15) is 0 Å². The molecule has 0 amide bonds. The van der Waals surface area contributed by atoms with Crippen LogP contribution in [0.2, 0.25) is 0 Å². The molecule has 1 fully saturated rings. The van der Waals surface area contributed by atoms with Crippen molar-refractivity contribution in [1.82, 2.24) is 0 Å². The maximum Gasteiger partial charge on any atom is 0.164 e. The van der Waals surface area contributed by atoms with Crippen LogP contribution in [0.15, 0.2) is 48.5 Å². The van der Waals surface area contributed by atoms with Crippen molar-refractivity contribution in [2.24, 2.45) is 0 Å². The first-order valence-corrected chi connectivity index (χ1v) is 9.51. The number of hydrogen-bond acceptors (Lipinski definition) is 4. The maximum absolute atomic E-state index is 9.46. The fourth-order valence-electron chi connectivity index (χ4n) is 3.10. The zero-order valence-corrected chi connectivity index (χ0v) is 17.3. The Bertz CT molecular complexity index is 867. The van der Waals surface area contributed by atoms with E-state index in [1.54, 1.807) is 31.2 Å². The van der Waals surface area contributed by atoms with Crippen molar-refractivity contribution >= 4 is 0 Å². The fraction of sp³-hybridized carbons (Fsp3) is 0.360. The van der Waals surface area contributed by atoms with Gasteiger partial charge in [0.15, 0.2) is 5.79 Å². The number of benzene rings is 2. The molecule has 29 heavy (non-hydrogen) atoms. The SMILES string of the molecule is C#Cc1ccc([C@@H]2OC(C)(C)O[C@H]2C)cc1.C#Cc1ccc([C@H](O)[C@H](C)O)cc1. The molecule has 2 N–H and O–H groups in total. The second-order valence-electron chi connectivity index (χ2n) is 7.48. The van der Waals surface area contributed by atoms with Crippen molar-refractivity contribution in [3.8, 4) is 24.7 Å². The number of terminal acetylenes is 2. The van der Waals surface area contributed by atoms with Gasteiger partial charge in [0.1, 0.15) is 12.2 Å². The van der Waals surface area contributed by atoms with Gasteiger partial charge in [0.2, 0.25) is 0 Å². The summed E-state index contributed by atoms with van der Waals surface area (Å²) in [5.74, 6) is 4.57. The first kappa shape index (κ1) is 22.7.